The van der Waals surface area contributed by atoms with Gasteiger partial charge in [-0.1, -0.05) is 0 Å². The summed E-state index contributed by atoms with van der Waals surface area (Å²) >= 11 is 0. The maximum Gasteiger partial charge on any atom is 0.385 e. The van der Waals surface area contributed by atoms with Crippen molar-refractivity contribution in [1.82, 2.24) is 15.5 Å². The molecule has 0 aromatic carbocycles. The minimum Gasteiger partial charge on any atom is -0.312 e. The average molecular weight is 244 g/mol. The van der Waals surface area contributed by atoms with Crippen molar-refractivity contribution in [3.8, 4) is 0 Å². The number of hydrogen-bond acceptors (Lipinski definition) is 5. The van der Waals surface area contributed by atoms with Crippen LogP contribution < -0.4 is 10.6 Å². The standard InChI is InChI=1S/C8H12N4O5/c1-15-8(16-2,17-3)12-5-4(10-7(12)14)9-6(13)11-5/h4H,1-3H3,(H,9,13)(H,10,14). The minimum atomic E-state index is -1.75. The van der Waals surface area contributed by atoms with Crippen molar-refractivity contribution in [2.24, 2.45) is 4.99 Å². The predicted octanol–water partition coefficient (Wildman–Crippen LogP) is -0.990. The van der Waals surface area contributed by atoms with Crippen LogP contribution in [0.15, 0.2) is 4.99 Å². The van der Waals surface area contributed by atoms with E-state index in [9.17, 15) is 9.59 Å². The lowest BCUT2D eigenvalue weighted by Gasteiger charge is -2.34. The fraction of sp³-hybridized carbons (Fsp3) is 0.625. The monoisotopic (exact) mass is 244 g/mol. The van der Waals surface area contributed by atoms with Crippen LogP contribution in [0.2, 0.25) is 0 Å². The number of carbonyl (C=O) groups is 2. The average Bonchev–Trinajstić information content (AvgIpc) is 2.79. The Hall–Kier alpha value is -1.71. The Morgan fingerprint density at radius 2 is 1.76 bits per heavy atom. The van der Waals surface area contributed by atoms with Gasteiger partial charge in [0.1, 0.15) is 0 Å². The molecule has 0 aromatic rings. The third kappa shape index (κ3) is 1.55. The summed E-state index contributed by atoms with van der Waals surface area (Å²) in [6, 6.07) is -1.09. The lowest BCUT2D eigenvalue weighted by Crippen LogP contribution is -2.56. The van der Waals surface area contributed by atoms with Gasteiger partial charge >= 0.3 is 18.2 Å². The number of aliphatic imine (C=N–C) groups is 1. The Balaban J connectivity index is 2.39. The van der Waals surface area contributed by atoms with Gasteiger partial charge in [-0.15, -0.1) is 0 Å². The van der Waals surface area contributed by atoms with Gasteiger partial charge in [-0.3, -0.25) is 0 Å². The van der Waals surface area contributed by atoms with E-state index in [2.05, 4.69) is 15.6 Å². The third-order valence-corrected chi connectivity index (χ3v) is 2.49. The van der Waals surface area contributed by atoms with Gasteiger partial charge in [-0.05, 0) is 0 Å². The number of urea groups is 2. The van der Waals surface area contributed by atoms with Crippen LogP contribution in [0.3, 0.4) is 0 Å². The molecule has 0 aliphatic carbocycles. The summed E-state index contributed by atoms with van der Waals surface area (Å²) in [6.45, 7) is 0. The van der Waals surface area contributed by atoms with Gasteiger partial charge in [0.25, 0.3) is 0 Å². The molecule has 1 unspecified atom stereocenters. The minimum absolute atomic E-state index is 0.144. The maximum absolute atomic E-state index is 11.8. The van der Waals surface area contributed by atoms with E-state index in [1.807, 2.05) is 0 Å². The molecule has 1 fully saturated rings. The van der Waals surface area contributed by atoms with Gasteiger partial charge < -0.3 is 24.8 Å². The first-order valence-corrected chi connectivity index (χ1v) is 4.73. The van der Waals surface area contributed by atoms with Gasteiger partial charge in [0, 0.05) is 21.3 Å². The highest BCUT2D eigenvalue weighted by Crippen LogP contribution is 2.25. The number of carbonyl (C=O) groups excluding carboxylic acids is 2. The van der Waals surface area contributed by atoms with E-state index in [0.29, 0.717) is 0 Å². The van der Waals surface area contributed by atoms with E-state index in [-0.39, 0.29) is 5.84 Å². The van der Waals surface area contributed by atoms with Crippen molar-refractivity contribution in [2.45, 2.75) is 12.3 Å². The van der Waals surface area contributed by atoms with E-state index >= 15 is 0 Å². The van der Waals surface area contributed by atoms with Crippen molar-refractivity contribution in [2.75, 3.05) is 21.3 Å². The zero-order valence-corrected chi connectivity index (χ0v) is 9.51. The molecule has 0 aromatic heterocycles. The molecule has 2 aliphatic rings. The number of amidine groups is 1. The Morgan fingerprint density at radius 1 is 1.18 bits per heavy atom. The third-order valence-electron chi connectivity index (χ3n) is 2.49. The highest BCUT2D eigenvalue weighted by Gasteiger charge is 2.53. The maximum atomic E-state index is 11.8. The molecule has 94 valence electrons. The number of nitrogens with zero attached hydrogens (tertiary/aromatic N) is 2. The van der Waals surface area contributed by atoms with Crippen LogP contribution in [0.25, 0.3) is 0 Å². The molecular weight excluding hydrogens is 232 g/mol. The summed E-state index contributed by atoms with van der Waals surface area (Å²) in [6.07, 6.45) is -2.43. The molecule has 0 bridgehead atoms. The van der Waals surface area contributed by atoms with Crippen LogP contribution in [-0.4, -0.2) is 56.4 Å². The lowest BCUT2D eigenvalue weighted by molar-refractivity contribution is -0.396. The van der Waals surface area contributed by atoms with Gasteiger partial charge in [0.15, 0.2) is 12.0 Å². The summed E-state index contributed by atoms with van der Waals surface area (Å²) in [5.41, 5.74) is 0. The molecule has 9 heteroatoms. The molecule has 17 heavy (non-hydrogen) atoms. The van der Waals surface area contributed by atoms with Gasteiger partial charge in [0.05, 0.1) is 0 Å². The van der Waals surface area contributed by atoms with Crippen LogP contribution in [0.4, 0.5) is 9.59 Å². The first-order chi connectivity index (χ1) is 8.07. The largest absolute Gasteiger partial charge is 0.385 e. The SMILES string of the molecule is COC(OC)(OC)N1C(=O)NC2NC(=O)N=C21. The summed E-state index contributed by atoms with van der Waals surface area (Å²) < 4.78 is 15.1. The first kappa shape index (κ1) is 11.8. The van der Waals surface area contributed by atoms with Gasteiger partial charge in [0.2, 0.25) is 0 Å². The van der Waals surface area contributed by atoms with E-state index in [1.54, 1.807) is 0 Å². The molecule has 2 aliphatic heterocycles. The lowest BCUT2D eigenvalue weighted by atomic mass is 10.4. The molecule has 2 heterocycles. The number of fused-ring (bicyclic) bond motifs is 1. The zero-order valence-electron chi connectivity index (χ0n) is 9.51. The number of amides is 4. The van der Waals surface area contributed by atoms with Gasteiger partial charge in [-0.2, -0.15) is 9.89 Å². The van der Waals surface area contributed by atoms with Crippen molar-refractivity contribution in [3.63, 3.8) is 0 Å². The number of methoxy groups -OCH3 is 3. The second-order valence-corrected chi connectivity index (χ2v) is 3.27. The number of rotatable bonds is 4. The summed E-state index contributed by atoms with van der Waals surface area (Å²) in [5.74, 6) is 0.144. The fourth-order valence-electron chi connectivity index (χ4n) is 1.75. The van der Waals surface area contributed by atoms with Crippen molar-refractivity contribution >= 4 is 17.9 Å². The quantitative estimate of drug-likeness (QED) is 0.618. The molecule has 0 saturated carbocycles. The highest BCUT2D eigenvalue weighted by molar-refractivity contribution is 6.14. The summed E-state index contributed by atoms with van der Waals surface area (Å²) in [4.78, 5) is 27.5. The Morgan fingerprint density at radius 3 is 2.29 bits per heavy atom. The predicted molar refractivity (Wildman–Crippen MR) is 53.9 cm³/mol. The molecule has 1 saturated heterocycles. The normalized spacial score (nSPS) is 23.4. The van der Waals surface area contributed by atoms with Crippen LogP contribution >= 0.6 is 0 Å². The molecule has 0 spiro atoms. The molecule has 4 amide bonds. The van der Waals surface area contributed by atoms with Crippen molar-refractivity contribution in [1.29, 1.82) is 0 Å². The fourth-order valence-corrected chi connectivity index (χ4v) is 1.75. The van der Waals surface area contributed by atoms with E-state index in [1.165, 1.54) is 21.3 Å². The van der Waals surface area contributed by atoms with E-state index < -0.39 is 24.3 Å². The Bertz CT molecular complexity index is 383. The highest BCUT2D eigenvalue weighted by atomic mass is 16.9. The van der Waals surface area contributed by atoms with E-state index in [4.69, 9.17) is 14.2 Å². The van der Waals surface area contributed by atoms with Gasteiger partial charge in [-0.25, -0.2) is 9.59 Å². The Kier molecular flexibility index (Phi) is 2.73. The molecule has 2 N–H and O–H groups in total. The van der Waals surface area contributed by atoms with Crippen molar-refractivity contribution < 1.29 is 23.8 Å². The zero-order chi connectivity index (χ0) is 12.6. The number of hydrogen-bond donors (Lipinski definition) is 2. The number of ether oxygens (including phenoxy) is 3. The second kappa shape index (κ2) is 3.95. The number of nitrogens with one attached hydrogen (secondary N) is 2. The first-order valence-electron chi connectivity index (χ1n) is 4.73. The summed E-state index contributed by atoms with van der Waals surface area (Å²) in [7, 11) is 3.91. The van der Waals surface area contributed by atoms with Crippen molar-refractivity contribution in [3.05, 3.63) is 0 Å². The molecule has 2 rings (SSSR count). The topological polar surface area (TPSA) is 101 Å². The van der Waals surface area contributed by atoms with Crippen LogP contribution in [-0.2, 0) is 14.2 Å². The summed E-state index contributed by atoms with van der Waals surface area (Å²) in [5, 5.41) is 4.93. The second-order valence-electron chi connectivity index (χ2n) is 3.27. The van der Waals surface area contributed by atoms with Crippen LogP contribution in [0.1, 0.15) is 0 Å². The molecule has 9 nitrogen and oxygen atoms in total. The Labute approximate surface area is 96.7 Å². The smallest absolute Gasteiger partial charge is 0.312 e. The van der Waals surface area contributed by atoms with Crippen LogP contribution in [0, 0.1) is 0 Å². The van der Waals surface area contributed by atoms with E-state index in [0.717, 1.165) is 4.90 Å². The molecule has 0 radical (unpaired) electrons. The molecule has 1 atom stereocenters. The van der Waals surface area contributed by atoms with Crippen LogP contribution in [0.5, 0.6) is 0 Å². The molecular formula is C8H12N4O5.